The maximum atomic E-state index is 11.3. The Morgan fingerprint density at radius 1 is 1.18 bits per heavy atom. The molecule has 17 heavy (non-hydrogen) atoms. The lowest BCUT2D eigenvalue weighted by Gasteiger charge is -2.28. The number of carboxylic acid groups (broad SMARTS) is 1. The molecule has 0 aliphatic rings. The van der Waals surface area contributed by atoms with E-state index in [1.165, 1.54) is 0 Å². The number of aliphatic carboxylic acids is 1. The first-order valence-electron chi connectivity index (χ1n) is 5.49. The van der Waals surface area contributed by atoms with Gasteiger partial charge in [-0.15, -0.1) is 0 Å². The molecule has 0 saturated heterocycles. The topological polar surface area (TPSA) is 72.8 Å². The van der Waals surface area contributed by atoms with E-state index in [4.69, 9.17) is 14.6 Å². The van der Waals surface area contributed by atoms with Crippen LogP contribution in [0, 0.1) is 0 Å². The minimum absolute atomic E-state index is 0.220. The minimum atomic E-state index is -0.999. The van der Waals surface area contributed by atoms with Gasteiger partial charge < -0.3 is 19.1 Å². The van der Waals surface area contributed by atoms with Gasteiger partial charge in [-0.05, 0) is 13.8 Å². The first-order chi connectivity index (χ1) is 7.60. The van der Waals surface area contributed by atoms with E-state index in [0.29, 0.717) is 11.0 Å². The van der Waals surface area contributed by atoms with Crippen LogP contribution >= 0.6 is 0 Å². The van der Waals surface area contributed by atoms with Gasteiger partial charge in [-0.3, -0.25) is 4.79 Å². The molecule has 0 rings (SSSR count). The maximum Gasteiger partial charge on any atom is 0.509 e. The Kier molecular flexibility index (Phi) is 5.95. The molecular weight excluding hydrogens is 226 g/mol. The van der Waals surface area contributed by atoms with Crippen LogP contribution in [0.4, 0.5) is 4.79 Å². The van der Waals surface area contributed by atoms with Gasteiger partial charge >= 0.3 is 12.1 Å². The van der Waals surface area contributed by atoms with Gasteiger partial charge in [0.2, 0.25) is 0 Å². The molecule has 0 unspecified atom stereocenters. The van der Waals surface area contributed by atoms with E-state index in [-0.39, 0.29) is 12.5 Å². The molecule has 0 aromatic rings. The number of carbonyl (C=O) groups excluding carboxylic acids is 1. The van der Waals surface area contributed by atoms with Gasteiger partial charge in [0.25, 0.3) is 0 Å². The molecule has 0 aromatic heterocycles. The van der Waals surface area contributed by atoms with Gasteiger partial charge in [0, 0.05) is 0 Å². The summed E-state index contributed by atoms with van der Waals surface area (Å²) < 4.78 is 10.3. The molecule has 0 spiro atoms. The van der Waals surface area contributed by atoms with Gasteiger partial charge in [-0.25, -0.2) is 4.79 Å². The van der Waals surface area contributed by atoms with E-state index in [9.17, 15) is 9.59 Å². The van der Waals surface area contributed by atoms with E-state index >= 15 is 0 Å². The number of hydrogen-bond acceptors (Lipinski definition) is 4. The molecule has 0 aliphatic heterocycles. The summed E-state index contributed by atoms with van der Waals surface area (Å²) in [5.41, 5.74) is 0. The smallest absolute Gasteiger partial charge is 0.481 e. The zero-order valence-electron chi connectivity index (χ0n) is 11.1. The number of ether oxygens (including phenoxy) is 2. The second kappa shape index (κ2) is 6.44. The number of likely N-dealkylation sites (N-methyl/N-ethyl adjacent to an activating group) is 1. The summed E-state index contributed by atoms with van der Waals surface area (Å²) >= 11 is 0. The number of nitrogens with zero attached hydrogens (tertiary/aromatic N) is 1. The number of carbonyl (C=O) groups is 2. The first-order valence-corrected chi connectivity index (χ1v) is 5.49. The zero-order valence-corrected chi connectivity index (χ0v) is 11.1. The summed E-state index contributed by atoms with van der Waals surface area (Å²) in [5.74, 6) is -0.999. The molecule has 0 aliphatic carbocycles. The van der Waals surface area contributed by atoms with Crippen LogP contribution in [0.15, 0.2) is 0 Å². The van der Waals surface area contributed by atoms with E-state index in [0.717, 1.165) is 0 Å². The predicted molar refractivity (Wildman–Crippen MR) is 61.6 cm³/mol. The van der Waals surface area contributed by atoms with Crippen molar-refractivity contribution in [2.24, 2.45) is 0 Å². The number of hydrogen-bond donors (Lipinski definition) is 1. The van der Waals surface area contributed by atoms with Crippen molar-refractivity contribution in [3.63, 3.8) is 0 Å². The quantitative estimate of drug-likeness (QED) is 0.563. The molecule has 6 nitrogen and oxygen atoms in total. The lowest BCUT2D eigenvalue weighted by atomic mass is 10.2. The highest BCUT2D eigenvalue weighted by molar-refractivity contribution is 5.68. The molecule has 0 saturated carbocycles. The Balaban J connectivity index is 4.38. The largest absolute Gasteiger partial charge is 0.509 e. The van der Waals surface area contributed by atoms with Crippen molar-refractivity contribution in [2.75, 3.05) is 27.7 Å². The SMILES string of the molecule is CC(C)OC(=O)O[C@H](CC(=O)O)C[N+](C)(C)C. The molecule has 1 atom stereocenters. The number of quaternary nitrogens is 1. The van der Waals surface area contributed by atoms with Crippen molar-refractivity contribution >= 4 is 12.1 Å². The Bertz CT molecular complexity index is 270. The van der Waals surface area contributed by atoms with Crippen molar-refractivity contribution in [3.05, 3.63) is 0 Å². The maximum absolute atomic E-state index is 11.3. The molecule has 100 valence electrons. The summed E-state index contributed by atoms with van der Waals surface area (Å²) in [7, 11) is 5.68. The van der Waals surface area contributed by atoms with E-state index in [1.54, 1.807) is 13.8 Å². The lowest BCUT2D eigenvalue weighted by molar-refractivity contribution is -0.873. The lowest BCUT2D eigenvalue weighted by Crippen LogP contribution is -2.44. The first kappa shape index (κ1) is 15.7. The van der Waals surface area contributed by atoms with E-state index in [1.807, 2.05) is 21.1 Å². The van der Waals surface area contributed by atoms with Crippen molar-refractivity contribution in [1.29, 1.82) is 0 Å². The van der Waals surface area contributed by atoms with Gasteiger partial charge in [-0.2, -0.15) is 0 Å². The molecule has 0 amide bonds. The monoisotopic (exact) mass is 248 g/mol. The normalized spacial score (nSPS) is 13.3. The zero-order chi connectivity index (χ0) is 13.6. The molecular formula is C11H22NO5+. The second-order valence-corrected chi connectivity index (χ2v) is 5.23. The third-order valence-electron chi connectivity index (χ3n) is 1.75. The highest BCUT2D eigenvalue weighted by Gasteiger charge is 2.25. The summed E-state index contributed by atoms with van der Waals surface area (Å²) in [6.45, 7) is 3.82. The Labute approximate surface area is 102 Å². The fourth-order valence-corrected chi connectivity index (χ4v) is 1.31. The van der Waals surface area contributed by atoms with Crippen LogP contribution in [-0.4, -0.2) is 61.6 Å². The molecule has 0 radical (unpaired) electrons. The minimum Gasteiger partial charge on any atom is -0.481 e. The molecule has 0 aromatic carbocycles. The van der Waals surface area contributed by atoms with Crippen LogP contribution in [0.1, 0.15) is 20.3 Å². The molecule has 6 heteroatoms. The number of carboxylic acids is 1. The van der Waals surface area contributed by atoms with E-state index < -0.39 is 18.2 Å². The van der Waals surface area contributed by atoms with Crippen LogP contribution in [0.5, 0.6) is 0 Å². The van der Waals surface area contributed by atoms with Crippen molar-refractivity contribution in [2.45, 2.75) is 32.5 Å². The third kappa shape index (κ3) is 9.62. The van der Waals surface area contributed by atoms with Crippen molar-refractivity contribution in [3.8, 4) is 0 Å². The van der Waals surface area contributed by atoms with Crippen LogP contribution in [0.25, 0.3) is 0 Å². The average Bonchev–Trinajstić information content (AvgIpc) is 1.95. The van der Waals surface area contributed by atoms with Crippen LogP contribution < -0.4 is 0 Å². The van der Waals surface area contributed by atoms with Crippen molar-refractivity contribution in [1.82, 2.24) is 0 Å². The summed E-state index contributed by atoms with van der Waals surface area (Å²) in [5, 5.41) is 8.74. The molecule has 1 N–H and O–H groups in total. The standard InChI is InChI=1S/C11H21NO5/c1-8(2)16-11(15)17-9(6-10(13)14)7-12(3,4)5/h8-9H,6-7H2,1-5H3/p+1/t9-/m1/s1. The average molecular weight is 248 g/mol. The molecule has 0 bridgehead atoms. The summed E-state index contributed by atoms with van der Waals surface area (Å²) in [6, 6.07) is 0. The highest BCUT2D eigenvalue weighted by atomic mass is 16.7. The van der Waals surface area contributed by atoms with Gasteiger partial charge in [0.1, 0.15) is 6.54 Å². The van der Waals surface area contributed by atoms with Crippen LogP contribution in [0.3, 0.4) is 0 Å². The highest BCUT2D eigenvalue weighted by Crippen LogP contribution is 2.07. The van der Waals surface area contributed by atoms with Gasteiger partial charge in [-0.1, -0.05) is 0 Å². The number of rotatable bonds is 6. The van der Waals surface area contributed by atoms with Crippen LogP contribution in [0.2, 0.25) is 0 Å². The van der Waals surface area contributed by atoms with Gasteiger partial charge in [0.05, 0.1) is 33.7 Å². The van der Waals surface area contributed by atoms with Crippen LogP contribution in [-0.2, 0) is 14.3 Å². The second-order valence-electron chi connectivity index (χ2n) is 5.23. The Morgan fingerprint density at radius 2 is 1.71 bits per heavy atom. The fourth-order valence-electron chi connectivity index (χ4n) is 1.31. The Morgan fingerprint density at radius 3 is 2.06 bits per heavy atom. The molecule has 0 heterocycles. The van der Waals surface area contributed by atoms with E-state index in [2.05, 4.69) is 0 Å². The third-order valence-corrected chi connectivity index (χ3v) is 1.75. The van der Waals surface area contributed by atoms with Crippen molar-refractivity contribution < 1.29 is 28.7 Å². The fraction of sp³-hybridized carbons (Fsp3) is 0.818. The summed E-state index contributed by atoms with van der Waals surface area (Å²) in [6.07, 6.45) is -2.00. The Hall–Kier alpha value is -1.30. The molecule has 0 fully saturated rings. The predicted octanol–water partition coefficient (Wildman–Crippen LogP) is 1.10. The van der Waals surface area contributed by atoms with Gasteiger partial charge in [0.15, 0.2) is 6.10 Å². The summed E-state index contributed by atoms with van der Waals surface area (Å²) in [4.78, 5) is 21.9.